The van der Waals surface area contributed by atoms with Gasteiger partial charge in [0.1, 0.15) is 6.04 Å². The van der Waals surface area contributed by atoms with Gasteiger partial charge in [-0.3, -0.25) is 14.6 Å². The van der Waals surface area contributed by atoms with Crippen LogP contribution in [0.3, 0.4) is 0 Å². The highest BCUT2D eigenvalue weighted by molar-refractivity contribution is 5.90. The van der Waals surface area contributed by atoms with Crippen LogP contribution in [0.2, 0.25) is 0 Å². The van der Waals surface area contributed by atoms with E-state index in [4.69, 9.17) is 5.73 Å². The predicted octanol–water partition coefficient (Wildman–Crippen LogP) is 3.04. The number of nitrogens with one attached hydrogen (secondary N) is 1. The van der Waals surface area contributed by atoms with Crippen molar-refractivity contribution in [1.29, 1.82) is 0 Å². The minimum absolute atomic E-state index is 0.141. The molecule has 0 aliphatic carbocycles. The topological polar surface area (TPSA) is 88.3 Å². The number of carbonyl (C=O) groups excluding carboxylic acids is 2. The summed E-state index contributed by atoms with van der Waals surface area (Å²) in [5, 5.41) is 3.18. The average Bonchev–Trinajstić information content (AvgIpc) is 3.35. The molecule has 170 valence electrons. The smallest absolute Gasteiger partial charge is 0.243 e. The number of hydrogen-bond donors (Lipinski definition) is 2. The Hall–Kier alpha value is -3.51. The summed E-state index contributed by atoms with van der Waals surface area (Å²) in [7, 11) is 0. The van der Waals surface area contributed by atoms with Crippen LogP contribution in [0.25, 0.3) is 0 Å². The van der Waals surface area contributed by atoms with Gasteiger partial charge in [-0.25, -0.2) is 0 Å². The van der Waals surface area contributed by atoms with Crippen LogP contribution in [0, 0.1) is 0 Å². The number of benzene rings is 2. The Morgan fingerprint density at radius 1 is 0.970 bits per heavy atom. The highest BCUT2D eigenvalue weighted by Gasteiger charge is 2.37. The number of nitrogens with two attached hydrogens (primary N) is 1. The lowest BCUT2D eigenvalue weighted by molar-refractivity contribution is -0.139. The first-order chi connectivity index (χ1) is 16.1. The second-order valence-corrected chi connectivity index (χ2v) is 8.48. The molecular weight excluding hydrogens is 412 g/mol. The minimum atomic E-state index is -0.667. The van der Waals surface area contributed by atoms with Crippen molar-refractivity contribution >= 4 is 11.8 Å². The normalized spacial score (nSPS) is 17.4. The largest absolute Gasteiger partial charge is 0.347 e. The number of pyridine rings is 1. The summed E-state index contributed by atoms with van der Waals surface area (Å²) in [5.74, 6) is -0.310. The van der Waals surface area contributed by atoms with Crippen LogP contribution in [0.5, 0.6) is 0 Å². The van der Waals surface area contributed by atoms with Crippen molar-refractivity contribution in [1.82, 2.24) is 15.2 Å². The van der Waals surface area contributed by atoms with Gasteiger partial charge in [0.25, 0.3) is 0 Å². The molecule has 3 N–H and O–H groups in total. The average molecular weight is 443 g/mol. The van der Waals surface area contributed by atoms with Crippen LogP contribution in [0.1, 0.15) is 35.7 Å². The van der Waals surface area contributed by atoms with Crippen LogP contribution in [-0.2, 0) is 22.4 Å². The predicted molar refractivity (Wildman–Crippen MR) is 128 cm³/mol. The summed E-state index contributed by atoms with van der Waals surface area (Å²) >= 11 is 0. The standard InChI is InChI=1S/C27H30N4O2/c28-23(18-20-10-3-1-4-11-20)27(33)31-17-9-15-25(31)26(32)30-24(21-12-5-2-6-13-21)19-22-14-7-8-16-29-22/h1-8,10-14,16,23-25H,9,15,17-19,28H2,(H,30,32)/t23?,24-,25?/m0/s1. The van der Waals surface area contributed by atoms with Crippen molar-refractivity contribution in [2.24, 2.45) is 5.73 Å². The molecule has 6 heteroatoms. The highest BCUT2D eigenvalue weighted by Crippen LogP contribution is 2.22. The molecule has 3 aromatic rings. The molecule has 2 heterocycles. The Balaban J connectivity index is 1.46. The molecule has 2 unspecified atom stereocenters. The van der Waals surface area contributed by atoms with Crippen LogP contribution < -0.4 is 11.1 Å². The Bertz CT molecular complexity index is 1040. The first-order valence-corrected chi connectivity index (χ1v) is 11.5. The molecule has 0 radical (unpaired) electrons. The van der Waals surface area contributed by atoms with Crippen molar-refractivity contribution < 1.29 is 9.59 Å². The highest BCUT2D eigenvalue weighted by atomic mass is 16.2. The van der Waals surface area contributed by atoms with E-state index in [9.17, 15) is 9.59 Å². The van der Waals surface area contributed by atoms with Gasteiger partial charge in [0, 0.05) is 24.9 Å². The van der Waals surface area contributed by atoms with Gasteiger partial charge >= 0.3 is 0 Å². The van der Waals surface area contributed by atoms with Crippen LogP contribution >= 0.6 is 0 Å². The molecule has 4 rings (SSSR count). The lowest BCUT2D eigenvalue weighted by atomic mass is 10.0. The summed E-state index contributed by atoms with van der Waals surface area (Å²) in [6, 6.07) is 24.0. The van der Waals surface area contributed by atoms with E-state index in [1.165, 1.54) is 0 Å². The molecule has 1 aliphatic heterocycles. The molecule has 33 heavy (non-hydrogen) atoms. The third-order valence-electron chi connectivity index (χ3n) is 6.11. The fourth-order valence-corrected chi connectivity index (χ4v) is 4.40. The maximum atomic E-state index is 13.3. The zero-order valence-corrected chi connectivity index (χ0v) is 18.6. The van der Waals surface area contributed by atoms with Crippen molar-refractivity contribution in [3.8, 4) is 0 Å². The van der Waals surface area contributed by atoms with Gasteiger partial charge < -0.3 is 16.0 Å². The molecule has 0 saturated carbocycles. The Morgan fingerprint density at radius 3 is 2.36 bits per heavy atom. The number of hydrogen-bond acceptors (Lipinski definition) is 4. The van der Waals surface area contributed by atoms with E-state index in [0.29, 0.717) is 25.8 Å². The molecule has 0 bridgehead atoms. The number of nitrogens with zero attached hydrogens (tertiary/aromatic N) is 2. The quantitative estimate of drug-likeness (QED) is 0.561. The maximum Gasteiger partial charge on any atom is 0.243 e. The van der Waals surface area contributed by atoms with E-state index in [0.717, 1.165) is 23.2 Å². The zero-order valence-electron chi connectivity index (χ0n) is 18.6. The Morgan fingerprint density at radius 2 is 1.67 bits per heavy atom. The number of likely N-dealkylation sites (tertiary alicyclic amines) is 1. The summed E-state index contributed by atoms with van der Waals surface area (Å²) < 4.78 is 0. The van der Waals surface area contributed by atoms with Crippen molar-refractivity contribution in [2.45, 2.75) is 43.8 Å². The number of carbonyl (C=O) groups is 2. The van der Waals surface area contributed by atoms with Gasteiger partial charge in [-0.1, -0.05) is 66.7 Å². The maximum absolute atomic E-state index is 13.3. The lowest BCUT2D eigenvalue weighted by Crippen LogP contribution is -2.52. The summed E-state index contributed by atoms with van der Waals surface area (Å²) in [6.07, 6.45) is 4.21. The van der Waals surface area contributed by atoms with E-state index in [1.54, 1.807) is 11.1 Å². The van der Waals surface area contributed by atoms with Gasteiger partial charge in [-0.05, 0) is 42.5 Å². The monoisotopic (exact) mass is 442 g/mol. The first kappa shape index (κ1) is 22.7. The van der Waals surface area contributed by atoms with Crippen LogP contribution in [0.4, 0.5) is 0 Å². The minimum Gasteiger partial charge on any atom is -0.347 e. The Labute approximate surface area is 194 Å². The van der Waals surface area contributed by atoms with E-state index >= 15 is 0 Å². The fraction of sp³-hybridized carbons (Fsp3) is 0.296. The molecule has 1 aliphatic rings. The molecular formula is C27H30N4O2. The molecule has 2 aromatic carbocycles. The second kappa shape index (κ2) is 10.9. The lowest BCUT2D eigenvalue weighted by Gasteiger charge is -2.28. The van der Waals surface area contributed by atoms with Crippen LogP contribution in [-0.4, -0.2) is 40.3 Å². The molecule has 1 saturated heterocycles. The van der Waals surface area contributed by atoms with Gasteiger partial charge in [0.15, 0.2) is 0 Å². The molecule has 3 atom stereocenters. The van der Waals surface area contributed by atoms with Gasteiger partial charge in [0.05, 0.1) is 12.1 Å². The van der Waals surface area contributed by atoms with Gasteiger partial charge in [-0.2, -0.15) is 0 Å². The zero-order chi connectivity index (χ0) is 23.0. The van der Waals surface area contributed by atoms with E-state index in [2.05, 4.69) is 10.3 Å². The summed E-state index contributed by atoms with van der Waals surface area (Å²) in [5.41, 5.74) is 9.17. The third kappa shape index (κ3) is 5.84. The van der Waals surface area contributed by atoms with Gasteiger partial charge in [0.2, 0.25) is 11.8 Å². The SMILES string of the molecule is NC(Cc1ccccc1)C(=O)N1CCCC1C(=O)N[C@@H](Cc1ccccn1)c1ccccc1. The van der Waals surface area contributed by atoms with Crippen LogP contribution in [0.15, 0.2) is 85.1 Å². The molecule has 1 fully saturated rings. The van der Waals surface area contributed by atoms with Gasteiger partial charge in [-0.15, -0.1) is 0 Å². The molecule has 6 nitrogen and oxygen atoms in total. The summed E-state index contributed by atoms with van der Waals surface area (Å²) in [6.45, 7) is 0.551. The van der Waals surface area contributed by atoms with E-state index < -0.39 is 12.1 Å². The summed E-state index contributed by atoms with van der Waals surface area (Å²) in [4.78, 5) is 32.6. The molecule has 1 aromatic heterocycles. The number of amides is 2. The van der Waals surface area contributed by atoms with Crippen molar-refractivity contribution in [3.05, 3.63) is 102 Å². The third-order valence-corrected chi connectivity index (χ3v) is 6.11. The number of rotatable bonds is 8. The first-order valence-electron chi connectivity index (χ1n) is 11.5. The number of aromatic nitrogens is 1. The second-order valence-electron chi connectivity index (χ2n) is 8.48. The molecule has 0 spiro atoms. The van der Waals surface area contributed by atoms with Crippen molar-refractivity contribution in [2.75, 3.05) is 6.54 Å². The fourth-order valence-electron chi connectivity index (χ4n) is 4.40. The van der Waals surface area contributed by atoms with E-state index in [-0.39, 0.29) is 17.9 Å². The molecule has 2 amide bonds. The van der Waals surface area contributed by atoms with Crippen molar-refractivity contribution in [3.63, 3.8) is 0 Å². The Kier molecular flexibility index (Phi) is 7.47. The van der Waals surface area contributed by atoms with E-state index in [1.807, 2.05) is 78.9 Å².